The molecule has 0 fully saturated rings. The molecule has 2 nitrogen and oxygen atoms in total. The minimum Gasteiger partial charge on any atom is -0.367 e. The first-order valence-corrected chi connectivity index (χ1v) is 20.8. The van der Waals surface area contributed by atoms with Crippen LogP contribution in [-0.2, 0) is 10.8 Å². The van der Waals surface area contributed by atoms with Crippen LogP contribution in [0.3, 0.4) is 0 Å². The lowest BCUT2D eigenvalue weighted by Crippen LogP contribution is -2.37. The van der Waals surface area contributed by atoms with E-state index in [1.807, 2.05) is 11.8 Å². The second kappa shape index (κ2) is 21.1. The molecule has 2 heterocycles. The van der Waals surface area contributed by atoms with Crippen molar-refractivity contribution in [3.05, 3.63) is 136 Å². The van der Waals surface area contributed by atoms with Crippen molar-refractivity contribution in [2.45, 2.75) is 68.7 Å². The lowest BCUT2D eigenvalue weighted by Gasteiger charge is -2.30. The van der Waals surface area contributed by atoms with Gasteiger partial charge in [-0.3, -0.25) is 4.90 Å². The van der Waals surface area contributed by atoms with E-state index < -0.39 is 0 Å². The molecule has 3 aliphatic rings. The maximum absolute atomic E-state index is 5.00. The summed E-state index contributed by atoms with van der Waals surface area (Å²) in [7, 11) is 2.22. The average molecular weight is 809 g/mol. The lowest BCUT2D eigenvalue weighted by atomic mass is 9.80. The predicted molar refractivity (Wildman–Crippen MR) is 259 cm³/mol. The molecular formula is C59H40N2S. The topological polar surface area (TPSA) is 6.48 Å². The van der Waals surface area contributed by atoms with E-state index in [0.717, 1.165) is 30.6 Å². The van der Waals surface area contributed by atoms with Crippen molar-refractivity contribution in [1.29, 1.82) is 0 Å². The Hall–Kier alpha value is -8.27. The van der Waals surface area contributed by atoms with E-state index in [0.29, 0.717) is 0 Å². The number of anilines is 2. The Kier molecular flexibility index (Phi) is 14.8. The molecule has 0 saturated heterocycles. The third-order valence-electron chi connectivity index (χ3n) is 10.6. The molecule has 1 unspecified atom stereocenters. The third-order valence-corrected chi connectivity index (χ3v) is 11.8. The Morgan fingerprint density at radius 1 is 0.597 bits per heavy atom. The molecule has 0 aromatic heterocycles. The van der Waals surface area contributed by atoms with Crippen LogP contribution in [0.15, 0.2) is 130 Å². The van der Waals surface area contributed by atoms with Crippen molar-refractivity contribution in [3.63, 3.8) is 0 Å². The standard InChI is InChI=1S/C59H40N2S/c1-7-8-9-10-11-12-13-14-15-16-17-18-19-20-21-22-23-24-25-33-47-61-54-42-32-30-40-52(54)59(4,5)56(61)46-44-49-36-34-35-48(57(49)62-50-37-27-26-28-38-50)43-45-55-58(2,3)51-39-29-31-41-53(51)60(55)6/h1,26-32,37-46,55H,34-36H2,2-6H3/b45-43+,49-44+,56-46+. The Morgan fingerprint density at radius 3 is 1.69 bits per heavy atom. The molecule has 0 saturated carbocycles. The number of terminal acetylenes is 1. The average Bonchev–Trinajstić information content (AvgIpc) is 3.62. The second-order valence-corrected chi connectivity index (χ2v) is 16.2. The van der Waals surface area contributed by atoms with Gasteiger partial charge in [0.25, 0.3) is 0 Å². The van der Waals surface area contributed by atoms with Crippen molar-refractivity contribution >= 4 is 23.1 Å². The second-order valence-electron chi connectivity index (χ2n) is 15.1. The maximum atomic E-state index is 5.00. The predicted octanol–water partition coefficient (Wildman–Crippen LogP) is 9.80. The lowest BCUT2D eigenvalue weighted by molar-refractivity contribution is 0.487. The molecule has 6 rings (SSSR count). The zero-order chi connectivity index (χ0) is 43.6. The summed E-state index contributed by atoms with van der Waals surface area (Å²) in [6, 6.07) is 31.5. The van der Waals surface area contributed by atoms with Crippen LogP contribution >= 0.6 is 11.8 Å². The smallest absolute Gasteiger partial charge is 0.0583 e. The van der Waals surface area contributed by atoms with Gasteiger partial charge in [-0.15, -0.1) is 6.42 Å². The highest BCUT2D eigenvalue weighted by atomic mass is 32.2. The van der Waals surface area contributed by atoms with Crippen LogP contribution in [0.1, 0.15) is 58.1 Å². The molecule has 0 amide bonds. The van der Waals surface area contributed by atoms with Crippen molar-refractivity contribution in [3.8, 4) is 131 Å². The number of allylic oxidation sites excluding steroid dienone is 6. The summed E-state index contributed by atoms with van der Waals surface area (Å²) in [4.78, 5) is 7.05. The molecule has 3 aromatic rings. The van der Waals surface area contributed by atoms with Gasteiger partial charge >= 0.3 is 0 Å². The summed E-state index contributed by atoms with van der Waals surface area (Å²) in [6.45, 7) is 9.22. The third kappa shape index (κ3) is 10.7. The van der Waals surface area contributed by atoms with E-state index in [-0.39, 0.29) is 16.9 Å². The van der Waals surface area contributed by atoms with Gasteiger partial charge in [-0.1, -0.05) is 112 Å². The summed E-state index contributed by atoms with van der Waals surface area (Å²) in [6.07, 6.45) is 17.5. The van der Waals surface area contributed by atoms with Crippen LogP contribution < -0.4 is 9.80 Å². The molecule has 0 spiro atoms. The Labute approximate surface area is 373 Å². The Balaban J connectivity index is 1.23. The van der Waals surface area contributed by atoms with Gasteiger partial charge < -0.3 is 4.90 Å². The number of nitrogens with zero attached hydrogens (tertiary/aromatic N) is 2. The molecule has 62 heavy (non-hydrogen) atoms. The fraction of sp³-hybridized carbons (Fsp3) is 0.186. The first-order chi connectivity index (χ1) is 30.2. The summed E-state index contributed by atoms with van der Waals surface area (Å²) >= 11 is 1.86. The number of hydrogen-bond acceptors (Lipinski definition) is 3. The zero-order valence-corrected chi connectivity index (χ0v) is 36.2. The van der Waals surface area contributed by atoms with Gasteiger partial charge in [0.05, 0.1) is 11.7 Å². The summed E-state index contributed by atoms with van der Waals surface area (Å²) in [5, 5.41) is 0. The SMILES string of the molecule is C#CC#CC#CC#CC#CC#CC#CC#CC#CC#CC#CN1/C(=C/C=C2\CCCC(/C=C/C3N(C)c4ccccc4C3(C)C)=C2Sc2ccccc2)C(C)(C)c2ccccc21. The van der Waals surface area contributed by atoms with Gasteiger partial charge in [0.15, 0.2) is 0 Å². The molecule has 0 N–H and O–H groups in total. The van der Waals surface area contributed by atoms with Crippen LogP contribution in [0, 0.1) is 131 Å². The number of likely N-dealkylation sites (N-methyl/N-ethyl adjacent to an activating group) is 1. The van der Waals surface area contributed by atoms with E-state index in [1.165, 1.54) is 37.8 Å². The number of thioether (sulfide) groups is 1. The molecule has 2 aliphatic heterocycles. The van der Waals surface area contributed by atoms with Crippen LogP contribution in [0.5, 0.6) is 0 Å². The van der Waals surface area contributed by atoms with Gasteiger partial charge in [-0.2, -0.15) is 0 Å². The summed E-state index contributed by atoms with van der Waals surface area (Å²) < 4.78 is 0. The molecule has 292 valence electrons. The summed E-state index contributed by atoms with van der Waals surface area (Å²) in [5.74, 6) is 51.8. The minimum atomic E-state index is -0.285. The van der Waals surface area contributed by atoms with Gasteiger partial charge in [-0.25, -0.2) is 0 Å². The van der Waals surface area contributed by atoms with E-state index in [9.17, 15) is 0 Å². The number of para-hydroxylation sites is 2. The molecule has 0 bridgehead atoms. The van der Waals surface area contributed by atoms with Gasteiger partial charge in [0.1, 0.15) is 0 Å². The molecule has 3 heteroatoms. The quantitative estimate of drug-likeness (QED) is 0.237. The van der Waals surface area contributed by atoms with E-state index >= 15 is 0 Å². The van der Waals surface area contributed by atoms with Crippen molar-refractivity contribution in [2.75, 3.05) is 16.8 Å². The number of fused-ring (bicyclic) bond motifs is 2. The van der Waals surface area contributed by atoms with E-state index in [1.54, 1.807) is 0 Å². The van der Waals surface area contributed by atoms with Crippen LogP contribution in [0.25, 0.3) is 0 Å². The number of benzene rings is 3. The van der Waals surface area contributed by atoms with Crippen LogP contribution in [0.2, 0.25) is 0 Å². The highest BCUT2D eigenvalue weighted by molar-refractivity contribution is 8.03. The Bertz CT molecular complexity index is 3110. The van der Waals surface area contributed by atoms with Crippen molar-refractivity contribution in [2.24, 2.45) is 0 Å². The normalized spacial score (nSPS) is 16.6. The first-order valence-electron chi connectivity index (χ1n) is 20.0. The molecule has 3 aromatic carbocycles. The zero-order valence-electron chi connectivity index (χ0n) is 35.4. The Morgan fingerprint density at radius 2 is 1.11 bits per heavy atom. The fourth-order valence-corrected chi connectivity index (χ4v) is 8.76. The molecule has 1 aliphatic carbocycles. The minimum absolute atomic E-state index is 0.0114. The van der Waals surface area contributed by atoms with Crippen LogP contribution in [0.4, 0.5) is 11.4 Å². The van der Waals surface area contributed by atoms with Crippen molar-refractivity contribution < 1.29 is 0 Å². The molecule has 0 radical (unpaired) electrons. The van der Waals surface area contributed by atoms with Crippen LogP contribution in [-0.4, -0.2) is 13.1 Å². The number of rotatable bonds is 5. The molecular weight excluding hydrogens is 769 g/mol. The van der Waals surface area contributed by atoms with Gasteiger partial charge in [0, 0.05) is 116 Å². The first kappa shape index (κ1) is 43.3. The van der Waals surface area contributed by atoms with E-state index in [4.69, 9.17) is 6.42 Å². The van der Waals surface area contributed by atoms with Gasteiger partial charge in [0.2, 0.25) is 0 Å². The van der Waals surface area contributed by atoms with Crippen molar-refractivity contribution in [1.82, 2.24) is 0 Å². The largest absolute Gasteiger partial charge is 0.367 e. The number of hydrogen-bond donors (Lipinski definition) is 0. The van der Waals surface area contributed by atoms with Gasteiger partial charge in [-0.05, 0) is 119 Å². The molecule has 1 atom stereocenters. The van der Waals surface area contributed by atoms with E-state index in [2.05, 4.69) is 272 Å². The fourth-order valence-electron chi connectivity index (χ4n) is 7.63. The highest BCUT2D eigenvalue weighted by Crippen LogP contribution is 2.49. The maximum Gasteiger partial charge on any atom is 0.0583 e. The summed E-state index contributed by atoms with van der Waals surface area (Å²) in [5.41, 5.74) is 8.47. The monoisotopic (exact) mass is 808 g/mol. The highest BCUT2D eigenvalue weighted by Gasteiger charge is 2.41.